The highest BCUT2D eigenvalue weighted by atomic mass is 35.5. The van der Waals surface area contributed by atoms with Crippen LogP contribution in [0.4, 0.5) is 0 Å². The van der Waals surface area contributed by atoms with Crippen molar-refractivity contribution >= 4 is 52.5 Å². The summed E-state index contributed by atoms with van der Waals surface area (Å²) in [5.41, 5.74) is 1.90. The highest BCUT2D eigenvalue weighted by molar-refractivity contribution is 7.07. The number of carboxylic acids is 1. The van der Waals surface area contributed by atoms with Crippen LogP contribution in [0.5, 0.6) is 0 Å². The van der Waals surface area contributed by atoms with Gasteiger partial charge in [0.2, 0.25) is 0 Å². The molecule has 210 valence electrons. The summed E-state index contributed by atoms with van der Waals surface area (Å²) >= 11 is 13.4. The Morgan fingerprint density at radius 1 is 1.10 bits per heavy atom. The van der Waals surface area contributed by atoms with Crippen molar-refractivity contribution in [2.75, 3.05) is 13.1 Å². The molecule has 2 aromatic heterocycles. The van der Waals surface area contributed by atoms with E-state index in [-0.39, 0.29) is 22.1 Å². The molecule has 0 aliphatic carbocycles. The second-order valence-corrected chi connectivity index (χ2v) is 11.2. The number of carbonyl (C=O) groups is 2. The highest BCUT2D eigenvalue weighted by Gasteiger charge is 2.34. The number of likely N-dealkylation sites (N-methyl/N-ethyl adjacent to an activating group) is 1. The van der Waals surface area contributed by atoms with Crippen molar-refractivity contribution in [2.45, 2.75) is 26.8 Å². The van der Waals surface area contributed by atoms with E-state index in [0.29, 0.717) is 55.8 Å². The quantitative estimate of drug-likeness (QED) is 0.303. The Balaban J connectivity index is 1.62. The van der Waals surface area contributed by atoms with Gasteiger partial charge < -0.3 is 14.4 Å². The number of nitrogens with zero attached hydrogens (tertiary/aromatic N) is 3. The number of aromatic nitrogens is 1. The number of benzene rings is 2. The lowest BCUT2D eigenvalue weighted by molar-refractivity contribution is -0.127. The van der Waals surface area contributed by atoms with Crippen molar-refractivity contribution in [3.8, 4) is 11.3 Å². The molecule has 0 radical (unpaired) electrons. The third-order valence-electron chi connectivity index (χ3n) is 6.87. The van der Waals surface area contributed by atoms with E-state index >= 15 is 0 Å². The number of rotatable bonds is 7. The summed E-state index contributed by atoms with van der Waals surface area (Å²) in [6.45, 7) is 6.65. The van der Waals surface area contributed by atoms with Crippen molar-refractivity contribution in [1.82, 2.24) is 9.47 Å². The summed E-state index contributed by atoms with van der Waals surface area (Å²) in [4.78, 5) is 45.9. The van der Waals surface area contributed by atoms with E-state index in [1.807, 2.05) is 26.0 Å². The van der Waals surface area contributed by atoms with E-state index in [2.05, 4.69) is 4.99 Å². The Morgan fingerprint density at radius 3 is 2.46 bits per heavy atom. The molecule has 8 nitrogen and oxygen atoms in total. The first-order valence-corrected chi connectivity index (χ1v) is 14.4. The van der Waals surface area contributed by atoms with E-state index < -0.39 is 12.0 Å². The summed E-state index contributed by atoms with van der Waals surface area (Å²) in [6.07, 6.45) is 1.62. The van der Waals surface area contributed by atoms with Gasteiger partial charge in [-0.05, 0) is 68.8 Å². The maximum absolute atomic E-state index is 13.9. The normalized spacial score (nSPS) is 15.0. The van der Waals surface area contributed by atoms with Crippen LogP contribution in [0, 0.1) is 0 Å². The predicted octanol–water partition coefficient (Wildman–Crippen LogP) is 5.37. The van der Waals surface area contributed by atoms with Crippen molar-refractivity contribution in [2.24, 2.45) is 4.99 Å². The number of halogens is 2. The fourth-order valence-corrected chi connectivity index (χ4v) is 6.14. The first-order valence-electron chi connectivity index (χ1n) is 12.8. The number of hydrogen-bond donors (Lipinski definition) is 1. The minimum absolute atomic E-state index is 0.0388. The minimum atomic E-state index is -1.14. The lowest BCUT2D eigenvalue weighted by Gasteiger charge is -2.29. The molecule has 0 saturated heterocycles. The van der Waals surface area contributed by atoms with Crippen LogP contribution < -0.4 is 14.9 Å². The maximum atomic E-state index is 13.9. The van der Waals surface area contributed by atoms with Gasteiger partial charge in [0.1, 0.15) is 11.5 Å². The van der Waals surface area contributed by atoms with Crippen molar-refractivity contribution < 1.29 is 19.1 Å². The molecule has 3 heterocycles. The van der Waals surface area contributed by atoms with Gasteiger partial charge >= 0.3 is 5.97 Å². The van der Waals surface area contributed by atoms with Crippen LogP contribution in [0.15, 0.2) is 80.1 Å². The molecule has 1 N–H and O–H groups in total. The second-order valence-electron chi connectivity index (χ2n) is 9.31. The summed E-state index contributed by atoms with van der Waals surface area (Å²) in [7, 11) is 0. The summed E-state index contributed by atoms with van der Waals surface area (Å²) in [6, 6.07) is 14.4. The molecular weight excluding hydrogens is 585 g/mol. The molecule has 1 amide bonds. The van der Waals surface area contributed by atoms with E-state index in [1.54, 1.807) is 52.8 Å². The van der Waals surface area contributed by atoms with Gasteiger partial charge in [0, 0.05) is 29.8 Å². The van der Waals surface area contributed by atoms with Gasteiger partial charge in [0.05, 0.1) is 32.4 Å². The summed E-state index contributed by atoms with van der Waals surface area (Å²) < 4.78 is 7.87. The molecule has 11 heteroatoms. The lowest BCUT2D eigenvalue weighted by atomic mass is 9.94. The number of carboxylic acid groups (broad SMARTS) is 1. The Morgan fingerprint density at radius 2 is 1.80 bits per heavy atom. The number of hydrogen-bond acceptors (Lipinski definition) is 6. The molecule has 1 atom stereocenters. The number of allylic oxidation sites excluding steroid dienone is 1. The Kier molecular flexibility index (Phi) is 8.04. The number of furan rings is 1. The number of thiazole rings is 1. The van der Waals surface area contributed by atoms with Crippen molar-refractivity contribution in [3.63, 3.8) is 0 Å². The number of amides is 1. The monoisotopic (exact) mass is 609 g/mol. The molecule has 0 saturated carbocycles. The van der Waals surface area contributed by atoms with Gasteiger partial charge in [0.15, 0.2) is 4.80 Å². The van der Waals surface area contributed by atoms with Crippen molar-refractivity contribution in [1.29, 1.82) is 0 Å². The van der Waals surface area contributed by atoms with Crippen LogP contribution in [-0.2, 0) is 4.79 Å². The molecule has 0 spiro atoms. The number of carbonyl (C=O) groups excluding carboxylic acids is 1. The van der Waals surface area contributed by atoms with Crippen LogP contribution >= 0.6 is 34.5 Å². The van der Waals surface area contributed by atoms with Gasteiger partial charge in [-0.15, -0.1) is 0 Å². The first-order chi connectivity index (χ1) is 19.6. The van der Waals surface area contributed by atoms with Gasteiger partial charge in [0.25, 0.3) is 11.5 Å². The fraction of sp³-hybridized carbons (Fsp3) is 0.200. The van der Waals surface area contributed by atoms with Crippen LogP contribution in [0.25, 0.3) is 17.4 Å². The molecule has 0 unspecified atom stereocenters. The molecule has 1 aliphatic rings. The molecule has 41 heavy (non-hydrogen) atoms. The van der Waals surface area contributed by atoms with Crippen LogP contribution in [0.2, 0.25) is 10.0 Å². The van der Waals surface area contributed by atoms with E-state index in [4.69, 9.17) is 27.6 Å². The summed E-state index contributed by atoms with van der Waals surface area (Å²) in [5, 5.41) is 10.1. The molecule has 0 bridgehead atoms. The predicted molar refractivity (Wildman–Crippen MR) is 159 cm³/mol. The lowest BCUT2D eigenvalue weighted by Crippen LogP contribution is -2.43. The molecular formula is C30H25Cl2N3O5S. The largest absolute Gasteiger partial charge is 0.478 e. The number of aromatic carboxylic acids is 1. The molecule has 4 aromatic rings. The standard InChI is InChI=1S/C30H25Cl2N3O5S/c1-4-34(5-2)28(37)25-16(3)33-30-35(26(25)17-6-9-19(31)10-7-17)27(36)24(41-30)15-20-11-13-23(40-20)18-8-12-22(32)21(14-18)29(38)39/h6-15,26H,4-5H2,1-3H3,(H,38,39)/b24-15+/t26-/m1/s1. The van der Waals surface area contributed by atoms with Crippen LogP contribution in [0.3, 0.4) is 0 Å². The summed E-state index contributed by atoms with van der Waals surface area (Å²) in [5.74, 6) is -0.501. The second kappa shape index (κ2) is 11.5. The SMILES string of the molecule is CCN(CC)C(=O)C1=C(C)N=c2s/c(=C/c3ccc(-c4ccc(Cl)c(C(=O)O)c4)o3)c(=O)n2[C@@H]1c1ccc(Cl)cc1. The Bertz CT molecular complexity index is 1880. The molecule has 2 aromatic carbocycles. The zero-order chi connectivity index (χ0) is 29.4. The van der Waals surface area contributed by atoms with E-state index in [1.165, 1.54) is 23.5 Å². The minimum Gasteiger partial charge on any atom is -0.478 e. The first kappa shape index (κ1) is 28.6. The topological polar surface area (TPSA) is 105 Å². The average Bonchev–Trinajstić information content (AvgIpc) is 3.53. The van der Waals surface area contributed by atoms with Crippen molar-refractivity contribution in [3.05, 3.63) is 112 Å². The molecule has 1 aliphatic heterocycles. The van der Waals surface area contributed by atoms with Crippen LogP contribution in [-0.4, -0.2) is 39.5 Å². The molecule has 0 fully saturated rings. The maximum Gasteiger partial charge on any atom is 0.337 e. The Hall–Kier alpha value is -3.92. The van der Waals surface area contributed by atoms with Crippen LogP contribution in [0.1, 0.15) is 48.5 Å². The average molecular weight is 611 g/mol. The van der Waals surface area contributed by atoms with Gasteiger partial charge in [-0.25, -0.2) is 9.79 Å². The smallest absolute Gasteiger partial charge is 0.337 e. The van der Waals surface area contributed by atoms with Gasteiger partial charge in [-0.2, -0.15) is 0 Å². The zero-order valence-electron chi connectivity index (χ0n) is 22.4. The highest BCUT2D eigenvalue weighted by Crippen LogP contribution is 2.32. The third kappa shape index (κ3) is 5.40. The van der Waals surface area contributed by atoms with Gasteiger partial charge in [-0.3, -0.25) is 14.2 Å². The number of fused-ring (bicyclic) bond motifs is 1. The van der Waals surface area contributed by atoms with E-state index in [9.17, 15) is 19.5 Å². The van der Waals surface area contributed by atoms with E-state index in [0.717, 1.165) is 5.56 Å². The van der Waals surface area contributed by atoms with Gasteiger partial charge in [-0.1, -0.05) is 46.7 Å². The Labute approximate surface area is 249 Å². The third-order valence-corrected chi connectivity index (χ3v) is 8.43. The molecule has 5 rings (SSSR count). The zero-order valence-corrected chi connectivity index (χ0v) is 24.7. The fourth-order valence-electron chi connectivity index (χ4n) is 4.79.